The van der Waals surface area contributed by atoms with E-state index in [0.717, 1.165) is 24.3 Å². The number of hydrogen-bond acceptors (Lipinski definition) is 3. The molecule has 1 fully saturated rings. The Hall–Kier alpha value is -1.55. The lowest BCUT2D eigenvalue weighted by Gasteiger charge is -2.21. The van der Waals surface area contributed by atoms with E-state index in [1.807, 2.05) is 26.0 Å². The second-order valence-electron chi connectivity index (χ2n) is 7.37. The van der Waals surface area contributed by atoms with Crippen molar-refractivity contribution >= 4 is 11.6 Å². The second-order valence-corrected chi connectivity index (χ2v) is 7.37. The van der Waals surface area contributed by atoms with Crippen LogP contribution in [0.25, 0.3) is 0 Å². The molecule has 4 heteroatoms. The molecule has 2 unspecified atom stereocenters. The number of likely N-dealkylation sites (tertiary alicyclic amines) is 1. The third-order valence-corrected chi connectivity index (χ3v) is 4.49. The Morgan fingerprint density at radius 2 is 1.83 bits per heavy atom. The maximum atomic E-state index is 11.8. The van der Waals surface area contributed by atoms with E-state index in [1.54, 1.807) is 0 Å². The first-order valence-corrected chi connectivity index (χ1v) is 8.74. The lowest BCUT2D eigenvalue weighted by Crippen LogP contribution is -2.31. The maximum Gasteiger partial charge on any atom is 0.224 e. The molecule has 1 aromatic carbocycles. The van der Waals surface area contributed by atoms with Crippen molar-refractivity contribution in [3.05, 3.63) is 29.8 Å². The number of rotatable bonds is 6. The van der Waals surface area contributed by atoms with Gasteiger partial charge in [-0.2, -0.15) is 0 Å². The fraction of sp³-hybridized carbons (Fsp3) is 0.632. The van der Waals surface area contributed by atoms with Crippen molar-refractivity contribution in [2.24, 2.45) is 5.92 Å². The third kappa shape index (κ3) is 5.24. The van der Waals surface area contributed by atoms with Gasteiger partial charge in [-0.05, 0) is 51.3 Å². The van der Waals surface area contributed by atoms with Crippen LogP contribution in [-0.2, 0) is 11.2 Å². The summed E-state index contributed by atoms with van der Waals surface area (Å²) in [5.41, 5.74) is 2.19. The summed E-state index contributed by atoms with van der Waals surface area (Å²) < 4.78 is 0. The highest BCUT2D eigenvalue weighted by molar-refractivity contribution is 5.78. The summed E-state index contributed by atoms with van der Waals surface area (Å²) >= 11 is 0. The molecule has 2 rings (SSSR count). The van der Waals surface area contributed by atoms with Crippen LogP contribution in [0.5, 0.6) is 0 Å². The lowest BCUT2D eigenvalue weighted by molar-refractivity contribution is -0.120. The Kier molecular flexibility index (Phi) is 6.05. The molecule has 0 aromatic heterocycles. The van der Waals surface area contributed by atoms with Crippen molar-refractivity contribution in [3.63, 3.8) is 0 Å². The van der Waals surface area contributed by atoms with Crippen LogP contribution >= 0.6 is 0 Å². The van der Waals surface area contributed by atoms with Gasteiger partial charge >= 0.3 is 0 Å². The molecule has 0 aliphatic carbocycles. The van der Waals surface area contributed by atoms with Crippen molar-refractivity contribution in [1.82, 2.24) is 10.2 Å². The Bertz CT molecular complexity index is 510. The van der Waals surface area contributed by atoms with E-state index >= 15 is 0 Å². The average Bonchev–Trinajstić information content (AvgIpc) is 2.82. The van der Waals surface area contributed by atoms with Gasteiger partial charge in [0.05, 0.1) is 6.42 Å². The minimum atomic E-state index is 0.0812. The first-order valence-electron chi connectivity index (χ1n) is 8.74. The van der Waals surface area contributed by atoms with Crippen LogP contribution in [0.3, 0.4) is 0 Å². The third-order valence-electron chi connectivity index (χ3n) is 4.49. The minimum Gasteiger partial charge on any atom is -0.381 e. The van der Waals surface area contributed by atoms with Gasteiger partial charge in [-0.1, -0.05) is 19.1 Å². The first kappa shape index (κ1) is 17.8. The molecule has 4 nitrogen and oxygen atoms in total. The summed E-state index contributed by atoms with van der Waals surface area (Å²) in [5, 5.41) is 6.57. The van der Waals surface area contributed by atoms with Crippen molar-refractivity contribution in [3.8, 4) is 0 Å². The molecule has 1 heterocycles. The molecular formula is C19H31N3O. The smallest absolute Gasteiger partial charge is 0.224 e. The van der Waals surface area contributed by atoms with Crippen LogP contribution in [0.2, 0.25) is 0 Å². The molecular weight excluding hydrogens is 286 g/mol. The number of anilines is 1. The molecule has 2 N–H and O–H groups in total. The predicted molar refractivity (Wildman–Crippen MR) is 96.7 cm³/mol. The van der Waals surface area contributed by atoms with E-state index in [-0.39, 0.29) is 11.9 Å². The Labute approximate surface area is 140 Å². The monoisotopic (exact) mass is 317 g/mol. The van der Waals surface area contributed by atoms with Crippen LogP contribution in [0.15, 0.2) is 24.3 Å². The van der Waals surface area contributed by atoms with Crippen LogP contribution in [0.4, 0.5) is 5.69 Å². The van der Waals surface area contributed by atoms with Crippen LogP contribution in [0, 0.1) is 5.92 Å². The molecule has 0 bridgehead atoms. The standard InChI is InChI=1S/C19H31N3O/c1-13(2)20-19(23)10-16-6-8-17(9-7-16)21-18-12-22(14(3)4)11-15(18)5/h6-9,13-15,18,21H,10-12H2,1-5H3,(H,20,23). The molecule has 1 aliphatic rings. The first-order chi connectivity index (χ1) is 10.8. The molecule has 1 aromatic rings. The zero-order chi connectivity index (χ0) is 17.0. The maximum absolute atomic E-state index is 11.8. The van der Waals surface area contributed by atoms with E-state index in [2.05, 4.69) is 48.4 Å². The van der Waals surface area contributed by atoms with Gasteiger partial charge in [0.15, 0.2) is 0 Å². The van der Waals surface area contributed by atoms with Gasteiger partial charge in [0.25, 0.3) is 0 Å². The highest BCUT2D eigenvalue weighted by atomic mass is 16.1. The lowest BCUT2D eigenvalue weighted by atomic mass is 10.1. The van der Waals surface area contributed by atoms with Gasteiger partial charge < -0.3 is 10.6 Å². The van der Waals surface area contributed by atoms with Gasteiger partial charge in [-0.25, -0.2) is 0 Å². The highest BCUT2D eigenvalue weighted by Crippen LogP contribution is 2.22. The van der Waals surface area contributed by atoms with Crippen molar-refractivity contribution < 1.29 is 4.79 Å². The van der Waals surface area contributed by atoms with Gasteiger partial charge in [0, 0.05) is 36.9 Å². The normalized spacial score (nSPS) is 21.9. The number of hydrogen-bond donors (Lipinski definition) is 2. The average molecular weight is 317 g/mol. The molecule has 0 saturated carbocycles. The number of amides is 1. The summed E-state index contributed by atoms with van der Waals surface area (Å²) in [5.74, 6) is 0.728. The Balaban J connectivity index is 1.89. The van der Waals surface area contributed by atoms with Crippen molar-refractivity contribution in [1.29, 1.82) is 0 Å². The van der Waals surface area contributed by atoms with Crippen LogP contribution in [0.1, 0.15) is 40.2 Å². The largest absolute Gasteiger partial charge is 0.381 e. The van der Waals surface area contributed by atoms with Crippen LogP contribution in [-0.4, -0.2) is 42.0 Å². The van der Waals surface area contributed by atoms with E-state index in [9.17, 15) is 4.79 Å². The number of carbonyl (C=O) groups excluding carboxylic acids is 1. The highest BCUT2D eigenvalue weighted by Gasteiger charge is 2.30. The van der Waals surface area contributed by atoms with E-state index in [4.69, 9.17) is 0 Å². The van der Waals surface area contributed by atoms with Crippen molar-refractivity contribution in [2.75, 3.05) is 18.4 Å². The summed E-state index contributed by atoms with van der Waals surface area (Å²) in [7, 11) is 0. The SMILES string of the molecule is CC(C)NC(=O)Cc1ccc(NC2CN(C(C)C)CC2C)cc1. The molecule has 128 valence electrons. The quantitative estimate of drug-likeness (QED) is 0.848. The molecule has 23 heavy (non-hydrogen) atoms. The zero-order valence-electron chi connectivity index (χ0n) is 15.1. The topological polar surface area (TPSA) is 44.4 Å². The summed E-state index contributed by atoms with van der Waals surface area (Å²) in [4.78, 5) is 14.3. The molecule has 1 saturated heterocycles. The predicted octanol–water partition coefficient (Wildman–Crippen LogP) is 2.89. The van der Waals surface area contributed by atoms with E-state index in [0.29, 0.717) is 24.4 Å². The Morgan fingerprint density at radius 1 is 1.17 bits per heavy atom. The Morgan fingerprint density at radius 3 is 2.35 bits per heavy atom. The van der Waals surface area contributed by atoms with Gasteiger partial charge in [-0.3, -0.25) is 9.69 Å². The molecule has 2 atom stereocenters. The van der Waals surface area contributed by atoms with Gasteiger partial charge in [-0.15, -0.1) is 0 Å². The number of carbonyl (C=O) groups is 1. The van der Waals surface area contributed by atoms with Gasteiger partial charge in [0.1, 0.15) is 0 Å². The summed E-state index contributed by atoms with van der Waals surface area (Å²) in [6.45, 7) is 13.0. The minimum absolute atomic E-state index is 0.0812. The summed E-state index contributed by atoms with van der Waals surface area (Å²) in [6.07, 6.45) is 0.444. The second kappa shape index (κ2) is 7.82. The fourth-order valence-corrected chi connectivity index (χ4v) is 3.11. The molecule has 0 spiro atoms. The van der Waals surface area contributed by atoms with Crippen LogP contribution < -0.4 is 10.6 Å². The molecule has 1 amide bonds. The molecule has 0 radical (unpaired) electrons. The number of nitrogens with zero attached hydrogens (tertiary/aromatic N) is 1. The van der Waals surface area contributed by atoms with Gasteiger partial charge in [0.2, 0.25) is 5.91 Å². The summed E-state index contributed by atoms with van der Waals surface area (Å²) in [6, 6.07) is 9.55. The fourth-order valence-electron chi connectivity index (χ4n) is 3.11. The van der Waals surface area contributed by atoms with Crippen molar-refractivity contribution in [2.45, 2.75) is 59.2 Å². The molecule has 1 aliphatic heterocycles. The van der Waals surface area contributed by atoms with E-state index in [1.165, 1.54) is 0 Å². The number of nitrogens with one attached hydrogen (secondary N) is 2. The zero-order valence-corrected chi connectivity index (χ0v) is 15.1. The number of benzene rings is 1. The van der Waals surface area contributed by atoms with E-state index < -0.39 is 0 Å².